The Hall–Kier alpha value is -0.920. The van der Waals surface area contributed by atoms with Crippen LogP contribution in [0.2, 0.25) is 0 Å². The van der Waals surface area contributed by atoms with E-state index in [0.29, 0.717) is 26.3 Å². The Bertz CT molecular complexity index is 460. The maximum Gasteiger partial charge on any atom is 0.261 e. The lowest BCUT2D eigenvalue weighted by molar-refractivity contribution is 0.0187. The quantitative estimate of drug-likeness (QED) is 0.754. The molecule has 0 saturated carbocycles. The molecule has 118 valence electrons. The van der Waals surface area contributed by atoms with E-state index in [0.717, 1.165) is 28.0 Å². The van der Waals surface area contributed by atoms with Crippen LogP contribution in [0.1, 0.15) is 12.0 Å². The van der Waals surface area contributed by atoms with Gasteiger partial charge in [-0.3, -0.25) is 0 Å². The predicted molar refractivity (Wildman–Crippen MR) is 78.3 cm³/mol. The van der Waals surface area contributed by atoms with Gasteiger partial charge in [0.2, 0.25) is 0 Å². The molecule has 0 spiro atoms. The smallest absolute Gasteiger partial charge is 0.261 e. The highest BCUT2D eigenvalue weighted by molar-refractivity contribution is 9.10. The van der Waals surface area contributed by atoms with Gasteiger partial charge >= 0.3 is 0 Å². The number of ether oxygens (including phenoxy) is 3. The molecule has 1 aromatic carbocycles. The molecule has 2 rings (SSSR count). The molecule has 0 aliphatic carbocycles. The first-order valence-electron chi connectivity index (χ1n) is 6.81. The van der Waals surface area contributed by atoms with E-state index in [4.69, 9.17) is 14.2 Å². The molecule has 0 radical (unpaired) electrons. The molecule has 4 nitrogen and oxygen atoms in total. The van der Waals surface area contributed by atoms with E-state index in [1.54, 1.807) is 0 Å². The molecule has 0 bridgehead atoms. The van der Waals surface area contributed by atoms with Gasteiger partial charge in [-0.15, -0.1) is 0 Å². The van der Waals surface area contributed by atoms with E-state index in [-0.39, 0.29) is 6.61 Å². The van der Waals surface area contributed by atoms with Gasteiger partial charge in [-0.05, 0) is 33.6 Å². The van der Waals surface area contributed by atoms with Gasteiger partial charge in [0.1, 0.15) is 6.61 Å². The Kier molecular flexibility index (Phi) is 6.66. The maximum atomic E-state index is 11.9. The third-order valence-corrected chi connectivity index (χ3v) is 3.45. The molecule has 0 unspecified atom stereocenters. The zero-order valence-electron chi connectivity index (χ0n) is 11.5. The van der Waals surface area contributed by atoms with Crippen LogP contribution in [-0.4, -0.2) is 39.4 Å². The van der Waals surface area contributed by atoms with Gasteiger partial charge in [0, 0.05) is 19.5 Å². The van der Waals surface area contributed by atoms with Gasteiger partial charge in [-0.2, -0.15) is 0 Å². The third kappa shape index (κ3) is 5.41. The molecule has 0 amide bonds. The van der Waals surface area contributed by atoms with E-state index in [2.05, 4.69) is 21.2 Å². The fourth-order valence-corrected chi connectivity index (χ4v) is 2.54. The van der Waals surface area contributed by atoms with Crippen LogP contribution < -0.4 is 14.8 Å². The maximum absolute atomic E-state index is 11.9. The van der Waals surface area contributed by atoms with Crippen LogP contribution in [-0.2, 0) is 11.3 Å². The molecule has 1 aromatic rings. The summed E-state index contributed by atoms with van der Waals surface area (Å²) in [4.78, 5) is 0. The Labute approximate surface area is 130 Å². The SMILES string of the molecule is FC(F)COCCNCc1cc(Br)c2c(c1)OCCCO2. The van der Waals surface area contributed by atoms with Crippen molar-refractivity contribution in [1.82, 2.24) is 5.32 Å². The lowest BCUT2D eigenvalue weighted by Gasteiger charge is -2.12. The first-order valence-corrected chi connectivity index (χ1v) is 7.60. The summed E-state index contributed by atoms with van der Waals surface area (Å²) < 4.78 is 40.7. The number of nitrogens with one attached hydrogen (secondary N) is 1. The van der Waals surface area contributed by atoms with Crippen LogP contribution in [0.3, 0.4) is 0 Å². The second-order valence-corrected chi connectivity index (χ2v) is 5.45. The number of rotatable bonds is 7. The number of alkyl halides is 2. The number of hydrogen-bond donors (Lipinski definition) is 1. The minimum Gasteiger partial charge on any atom is -0.490 e. The number of fused-ring (bicyclic) bond motifs is 1. The minimum atomic E-state index is -2.41. The Morgan fingerprint density at radius 1 is 1.29 bits per heavy atom. The molecular formula is C14H18BrF2NO3. The van der Waals surface area contributed by atoms with Gasteiger partial charge in [0.15, 0.2) is 11.5 Å². The van der Waals surface area contributed by atoms with Crippen LogP contribution >= 0.6 is 15.9 Å². The van der Waals surface area contributed by atoms with Crippen molar-refractivity contribution in [1.29, 1.82) is 0 Å². The molecule has 0 aromatic heterocycles. The molecule has 1 N–H and O–H groups in total. The highest BCUT2D eigenvalue weighted by atomic mass is 79.9. The highest BCUT2D eigenvalue weighted by Crippen LogP contribution is 2.38. The molecule has 1 heterocycles. The second-order valence-electron chi connectivity index (χ2n) is 4.60. The summed E-state index contributed by atoms with van der Waals surface area (Å²) in [6, 6.07) is 3.89. The van der Waals surface area contributed by atoms with Crippen LogP contribution in [0.15, 0.2) is 16.6 Å². The summed E-state index contributed by atoms with van der Waals surface area (Å²) in [5.41, 5.74) is 1.03. The largest absolute Gasteiger partial charge is 0.490 e. The summed E-state index contributed by atoms with van der Waals surface area (Å²) in [5.74, 6) is 1.46. The molecule has 21 heavy (non-hydrogen) atoms. The summed E-state index contributed by atoms with van der Waals surface area (Å²) in [7, 11) is 0. The normalized spacial score (nSPS) is 14.3. The fourth-order valence-electron chi connectivity index (χ4n) is 1.94. The van der Waals surface area contributed by atoms with Gasteiger partial charge in [0.25, 0.3) is 6.43 Å². The van der Waals surface area contributed by atoms with E-state index in [1.165, 1.54) is 0 Å². The standard InChI is InChI=1S/C14H18BrF2NO3/c15-11-6-10(8-18-2-5-19-9-13(16)17)7-12-14(11)21-4-1-3-20-12/h6-7,13,18H,1-5,8-9H2. The van der Waals surface area contributed by atoms with Crippen molar-refractivity contribution in [3.63, 3.8) is 0 Å². The topological polar surface area (TPSA) is 39.7 Å². The van der Waals surface area contributed by atoms with E-state index < -0.39 is 13.0 Å². The molecule has 0 saturated heterocycles. The Morgan fingerprint density at radius 2 is 2.10 bits per heavy atom. The summed E-state index contributed by atoms with van der Waals surface area (Å²) >= 11 is 3.48. The van der Waals surface area contributed by atoms with Crippen molar-refractivity contribution >= 4 is 15.9 Å². The van der Waals surface area contributed by atoms with Gasteiger partial charge in [-0.1, -0.05) is 0 Å². The molecule has 1 aliphatic heterocycles. The van der Waals surface area contributed by atoms with Crippen molar-refractivity contribution in [2.45, 2.75) is 19.4 Å². The monoisotopic (exact) mass is 365 g/mol. The minimum absolute atomic E-state index is 0.260. The zero-order valence-corrected chi connectivity index (χ0v) is 13.1. The van der Waals surface area contributed by atoms with Crippen molar-refractivity contribution in [3.8, 4) is 11.5 Å². The Morgan fingerprint density at radius 3 is 2.90 bits per heavy atom. The fraction of sp³-hybridized carbons (Fsp3) is 0.571. The first kappa shape index (κ1) is 16.5. The van der Waals surface area contributed by atoms with E-state index in [1.807, 2.05) is 12.1 Å². The molecule has 7 heteroatoms. The van der Waals surface area contributed by atoms with Crippen LogP contribution in [0.5, 0.6) is 11.5 Å². The molecule has 0 atom stereocenters. The van der Waals surface area contributed by atoms with Crippen molar-refractivity contribution in [2.75, 3.05) is 33.0 Å². The third-order valence-electron chi connectivity index (χ3n) is 2.86. The summed E-state index contributed by atoms with van der Waals surface area (Å²) in [6.07, 6.45) is -1.56. The molecular weight excluding hydrogens is 348 g/mol. The second kappa shape index (κ2) is 8.51. The van der Waals surface area contributed by atoms with Crippen molar-refractivity contribution < 1.29 is 23.0 Å². The average molecular weight is 366 g/mol. The number of halogens is 3. The Balaban J connectivity index is 1.81. The summed E-state index contributed by atoms with van der Waals surface area (Å²) in [6.45, 7) is 2.14. The van der Waals surface area contributed by atoms with E-state index in [9.17, 15) is 8.78 Å². The van der Waals surface area contributed by atoms with Gasteiger partial charge in [-0.25, -0.2) is 8.78 Å². The van der Waals surface area contributed by atoms with Crippen LogP contribution in [0, 0.1) is 0 Å². The van der Waals surface area contributed by atoms with Crippen molar-refractivity contribution in [2.24, 2.45) is 0 Å². The predicted octanol–water partition coefficient (Wildman–Crippen LogP) is 2.98. The van der Waals surface area contributed by atoms with Crippen molar-refractivity contribution in [3.05, 3.63) is 22.2 Å². The molecule has 0 fully saturated rings. The van der Waals surface area contributed by atoms with Gasteiger partial charge < -0.3 is 19.5 Å². The highest BCUT2D eigenvalue weighted by Gasteiger charge is 2.15. The lowest BCUT2D eigenvalue weighted by atomic mass is 10.2. The molecule has 1 aliphatic rings. The lowest BCUT2D eigenvalue weighted by Crippen LogP contribution is -2.20. The van der Waals surface area contributed by atoms with Crippen LogP contribution in [0.4, 0.5) is 8.78 Å². The van der Waals surface area contributed by atoms with E-state index >= 15 is 0 Å². The average Bonchev–Trinajstić information content (AvgIpc) is 2.68. The van der Waals surface area contributed by atoms with Gasteiger partial charge in [0.05, 0.1) is 24.3 Å². The first-order chi connectivity index (χ1) is 10.2. The number of hydrogen-bond acceptors (Lipinski definition) is 4. The van der Waals surface area contributed by atoms with Crippen LogP contribution in [0.25, 0.3) is 0 Å². The zero-order chi connectivity index (χ0) is 15.1. The summed E-state index contributed by atoms with van der Waals surface area (Å²) in [5, 5.41) is 3.14. The number of benzene rings is 1.